The first kappa shape index (κ1) is 44.7. The third-order valence-electron chi connectivity index (χ3n) is 11.5. The lowest BCUT2D eigenvalue weighted by atomic mass is 9.81. The number of aliphatic carboxylic acids is 1. The van der Waals surface area contributed by atoms with E-state index in [4.69, 9.17) is 5.11 Å². The van der Waals surface area contributed by atoms with Crippen LogP contribution in [0.5, 0.6) is 0 Å². The summed E-state index contributed by atoms with van der Waals surface area (Å²) in [5.74, 6) is -1.20. The lowest BCUT2D eigenvalue weighted by Gasteiger charge is -2.26. The summed E-state index contributed by atoms with van der Waals surface area (Å²) >= 11 is 1.61. The van der Waals surface area contributed by atoms with E-state index < -0.39 is 37.0 Å². The van der Waals surface area contributed by atoms with Crippen molar-refractivity contribution in [2.45, 2.75) is 106 Å². The molecule has 318 valence electrons. The highest BCUT2D eigenvalue weighted by Crippen LogP contribution is 2.49. The third-order valence-corrected chi connectivity index (χ3v) is 14.4. The molecule has 4 N–H and O–H groups in total. The number of benzene rings is 3. The van der Waals surface area contributed by atoms with Gasteiger partial charge in [-0.3, -0.25) is 18.7 Å². The standard InChI is InChI=1S/C45H51N3O9S3/c1-7-47-37-23-21-33(59(52,53)54)27-35(37)44(3,4)39(47)25-15-29-11-9-12-30(43(29)58-32-19-17-31(18-20-32)46-41(49)13-10-14-42(50)51)16-26-40-45(5,6)36-28-34(60(55,56)57)22-24-38(36)48(40)8-2/h15-28H,7-14H2,1-6H3,(H3-,46,49,50,51,52,53,54,55,56,57)/p+1. The largest absolute Gasteiger partial charge is 0.481 e. The molecule has 0 unspecified atom stereocenters. The smallest absolute Gasteiger partial charge is 0.303 e. The summed E-state index contributed by atoms with van der Waals surface area (Å²) in [5, 5.41) is 11.8. The Labute approximate surface area is 357 Å². The number of nitrogens with one attached hydrogen (secondary N) is 1. The Morgan fingerprint density at radius 3 is 2.10 bits per heavy atom. The van der Waals surface area contributed by atoms with Gasteiger partial charge in [0.05, 0.1) is 15.2 Å². The first-order valence-corrected chi connectivity index (χ1v) is 23.7. The summed E-state index contributed by atoms with van der Waals surface area (Å²) in [6.45, 7) is 13.5. The monoisotopic (exact) mass is 874 g/mol. The van der Waals surface area contributed by atoms with Crippen molar-refractivity contribution >= 4 is 66.6 Å². The predicted molar refractivity (Wildman–Crippen MR) is 236 cm³/mol. The van der Waals surface area contributed by atoms with Crippen LogP contribution in [0.25, 0.3) is 0 Å². The Morgan fingerprint density at radius 2 is 1.48 bits per heavy atom. The van der Waals surface area contributed by atoms with E-state index in [0.29, 0.717) is 18.8 Å². The van der Waals surface area contributed by atoms with Crippen molar-refractivity contribution in [3.05, 3.63) is 118 Å². The fourth-order valence-corrected chi connectivity index (χ4v) is 10.5. The second-order valence-electron chi connectivity index (χ2n) is 16.1. The number of rotatable bonds is 14. The molecule has 60 heavy (non-hydrogen) atoms. The van der Waals surface area contributed by atoms with Crippen LogP contribution >= 0.6 is 11.8 Å². The maximum atomic E-state index is 12.5. The molecule has 12 nitrogen and oxygen atoms in total. The molecule has 0 atom stereocenters. The molecule has 0 aromatic heterocycles. The van der Waals surface area contributed by atoms with Crippen LogP contribution in [0, 0.1) is 0 Å². The van der Waals surface area contributed by atoms with Gasteiger partial charge in [-0.2, -0.15) is 21.4 Å². The van der Waals surface area contributed by atoms with Gasteiger partial charge in [0.15, 0.2) is 5.71 Å². The van der Waals surface area contributed by atoms with Crippen LogP contribution in [-0.4, -0.2) is 66.3 Å². The Hall–Kier alpha value is -4.80. The number of nitrogens with zero attached hydrogens (tertiary/aromatic N) is 2. The van der Waals surface area contributed by atoms with E-state index >= 15 is 0 Å². The molecular formula is C45H52N3O9S3+. The van der Waals surface area contributed by atoms with Crippen LogP contribution in [0.15, 0.2) is 121 Å². The third kappa shape index (κ3) is 9.25. The van der Waals surface area contributed by atoms with Crippen molar-refractivity contribution in [1.29, 1.82) is 0 Å². The van der Waals surface area contributed by atoms with E-state index in [0.717, 1.165) is 74.1 Å². The number of carboxylic acid groups (broad SMARTS) is 1. The molecule has 3 aromatic carbocycles. The molecule has 0 fully saturated rings. The van der Waals surface area contributed by atoms with E-state index in [2.05, 4.69) is 39.1 Å². The minimum Gasteiger partial charge on any atom is -0.481 e. The SMILES string of the molecule is CCN1C(=CC=C2CCCC(C=CC3=[N+](CC)c4ccc(S(=O)(=O)O)cc4C3(C)C)=C2Sc2ccc(NC(=O)CCCC(=O)O)cc2)C(C)(C)c2cc(S(=O)(=O)O)ccc21. The lowest BCUT2D eigenvalue weighted by molar-refractivity contribution is -0.433. The van der Waals surface area contributed by atoms with E-state index in [1.807, 2.05) is 65.8 Å². The summed E-state index contributed by atoms with van der Waals surface area (Å²) < 4.78 is 70.2. The summed E-state index contributed by atoms with van der Waals surface area (Å²) in [4.78, 5) is 27.2. The van der Waals surface area contributed by atoms with E-state index in [9.17, 15) is 35.5 Å². The molecular weight excluding hydrogens is 823 g/mol. The van der Waals surface area contributed by atoms with Crippen molar-refractivity contribution in [2.75, 3.05) is 23.3 Å². The van der Waals surface area contributed by atoms with Gasteiger partial charge in [0, 0.05) is 69.4 Å². The number of likely N-dealkylation sites (N-methyl/N-ethyl adjacent to an activating group) is 1. The minimum atomic E-state index is -4.40. The van der Waals surface area contributed by atoms with Crippen LogP contribution < -0.4 is 10.2 Å². The maximum Gasteiger partial charge on any atom is 0.303 e. The predicted octanol–water partition coefficient (Wildman–Crippen LogP) is 9.18. The van der Waals surface area contributed by atoms with Crippen LogP contribution in [0.2, 0.25) is 0 Å². The van der Waals surface area contributed by atoms with E-state index in [1.54, 1.807) is 36.0 Å². The zero-order chi connectivity index (χ0) is 43.8. The number of carboxylic acids is 1. The zero-order valence-electron chi connectivity index (χ0n) is 34.7. The second-order valence-corrected chi connectivity index (χ2v) is 20.1. The van der Waals surface area contributed by atoms with Crippen molar-refractivity contribution in [1.82, 2.24) is 0 Å². The average Bonchev–Trinajstić information content (AvgIpc) is 3.53. The maximum absolute atomic E-state index is 12.5. The van der Waals surface area contributed by atoms with Gasteiger partial charge in [-0.1, -0.05) is 37.8 Å². The molecule has 3 aromatic rings. The number of thioether (sulfide) groups is 1. The molecule has 1 amide bonds. The highest BCUT2D eigenvalue weighted by molar-refractivity contribution is 8.03. The molecule has 3 aliphatic rings. The topological polar surface area (TPSA) is 181 Å². The zero-order valence-corrected chi connectivity index (χ0v) is 37.1. The van der Waals surface area contributed by atoms with Gasteiger partial charge >= 0.3 is 5.97 Å². The number of carbonyl (C=O) groups excluding carboxylic acids is 1. The van der Waals surface area contributed by atoms with Crippen molar-refractivity contribution in [3.8, 4) is 0 Å². The van der Waals surface area contributed by atoms with Crippen molar-refractivity contribution in [3.63, 3.8) is 0 Å². The minimum absolute atomic E-state index is 0.0770. The molecule has 0 saturated heterocycles. The Morgan fingerprint density at radius 1 is 0.833 bits per heavy atom. The van der Waals surface area contributed by atoms with Crippen LogP contribution in [0.4, 0.5) is 17.1 Å². The number of anilines is 2. The lowest BCUT2D eigenvalue weighted by Crippen LogP contribution is -2.27. The van der Waals surface area contributed by atoms with Crippen LogP contribution in [-0.2, 0) is 40.7 Å². The van der Waals surface area contributed by atoms with Gasteiger partial charge in [-0.05, 0) is 131 Å². The molecule has 2 heterocycles. The summed E-state index contributed by atoms with van der Waals surface area (Å²) in [6.07, 6.45) is 11.3. The Kier molecular flexibility index (Phi) is 12.9. The normalized spacial score (nSPS) is 18.8. The molecule has 0 saturated carbocycles. The van der Waals surface area contributed by atoms with Crippen molar-refractivity contribution < 1.29 is 45.2 Å². The molecule has 0 bridgehead atoms. The highest BCUT2D eigenvalue weighted by Gasteiger charge is 2.45. The van der Waals surface area contributed by atoms with Crippen LogP contribution in [0.3, 0.4) is 0 Å². The van der Waals surface area contributed by atoms with Crippen molar-refractivity contribution in [2.24, 2.45) is 0 Å². The van der Waals surface area contributed by atoms with E-state index in [1.165, 1.54) is 12.1 Å². The van der Waals surface area contributed by atoms with E-state index in [-0.39, 0.29) is 35.0 Å². The average molecular weight is 875 g/mol. The molecule has 1 aliphatic carbocycles. The summed E-state index contributed by atoms with van der Waals surface area (Å²) in [6, 6.07) is 17.0. The summed E-state index contributed by atoms with van der Waals surface area (Å²) in [5.41, 5.74) is 7.01. The first-order valence-electron chi connectivity index (χ1n) is 20.0. The first-order chi connectivity index (χ1) is 28.2. The second kappa shape index (κ2) is 17.3. The number of carbonyl (C=O) groups is 2. The van der Waals surface area contributed by atoms with Gasteiger partial charge in [0.25, 0.3) is 20.2 Å². The molecule has 6 rings (SSSR count). The number of hydrogen-bond acceptors (Lipinski definition) is 8. The van der Waals surface area contributed by atoms with Gasteiger partial charge < -0.3 is 15.3 Å². The molecule has 0 radical (unpaired) electrons. The highest BCUT2D eigenvalue weighted by atomic mass is 32.2. The van der Waals surface area contributed by atoms with Gasteiger partial charge in [0.2, 0.25) is 11.6 Å². The summed E-state index contributed by atoms with van der Waals surface area (Å²) in [7, 11) is -8.79. The molecule has 15 heteroatoms. The number of allylic oxidation sites excluding steroid dienone is 7. The van der Waals surface area contributed by atoms with Crippen LogP contribution in [0.1, 0.15) is 91.2 Å². The molecule has 2 aliphatic heterocycles. The quantitative estimate of drug-likeness (QED) is 0.0896. The van der Waals surface area contributed by atoms with Gasteiger partial charge in [-0.15, -0.1) is 0 Å². The van der Waals surface area contributed by atoms with Gasteiger partial charge in [-0.25, -0.2) is 0 Å². The molecule has 0 spiro atoms. The fourth-order valence-electron chi connectivity index (χ4n) is 8.37. The fraction of sp³-hybridized carbons (Fsp3) is 0.356. The Bertz CT molecular complexity index is 2620. The number of hydrogen-bond donors (Lipinski definition) is 4. The number of amides is 1. The number of fused-ring (bicyclic) bond motifs is 2. The van der Waals surface area contributed by atoms with Gasteiger partial charge in [0.1, 0.15) is 6.54 Å². The Balaban J connectivity index is 1.40.